The Bertz CT molecular complexity index is 613. The van der Waals surface area contributed by atoms with Crippen molar-refractivity contribution in [2.45, 2.75) is 55.4 Å². The van der Waals surface area contributed by atoms with E-state index >= 15 is 0 Å². The molecule has 5 heteroatoms. The van der Waals surface area contributed by atoms with E-state index in [1.54, 1.807) is 0 Å². The Labute approximate surface area is 182 Å². The Hall–Kier alpha value is 1.07. The molecule has 2 rings (SSSR count). The zero-order valence-corrected chi connectivity index (χ0v) is 20.4. The van der Waals surface area contributed by atoms with Crippen LogP contribution in [0.5, 0.6) is 0 Å². The molecular weight excluding hydrogens is 418 g/mol. The smallest absolute Gasteiger partial charge is 0.196 e. The van der Waals surface area contributed by atoms with Gasteiger partial charge in [0, 0.05) is 0 Å². The average molecular weight is 442 g/mol. The van der Waals surface area contributed by atoms with Crippen LogP contribution < -0.4 is 48.1 Å². The molecule has 0 bridgehead atoms. The molecule has 0 aliphatic heterocycles. The van der Waals surface area contributed by atoms with Gasteiger partial charge in [0.1, 0.15) is 0 Å². The van der Waals surface area contributed by atoms with E-state index in [-0.39, 0.29) is 37.7 Å². The SMILES string of the molecule is Cc1c(C)c(C)[c-]([Si](Br)(Br)[c-]2c(C)c(C)c(C)c2C)c1C.[Li+].[Li+]. The molecule has 0 radical (unpaired) electrons. The number of hydrogen-bond donors (Lipinski definition) is 0. The first-order valence-electron chi connectivity index (χ1n) is 7.38. The fourth-order valence-electron chi connectivity index (χ4n) is 3.50. The van der Waals surface area contributed by atoms with E-state index in [1.807, 2.05) is 0 Å². The molecule has 0 aliphatic rings. The predicted molar refractivity (Wildman–Crippen MR) is 105 cm³/mol. The summed E-state index contributed by atoms with van der Waals surface area (Å²) in [6.07, 6.45) is 0. The van der Waals surface area contributed by atoms with E-state index in [0.717, 1.165) is 0 Å². The molecule has 0 amide bonds. The van der Waals surface area contributed by atoms with Crippen molar-refractivity contribution in [2.75, 3.05) is 0 Å². The second-order valence-corrected chi connectivity index (χ2v) is 18.8. The normalized spacial score (nSPS) is 11.2. The molecule has 0 nitrogen and oxygen atoms in total. The second kappa shape index (κ2) is 8.18. The molecule has 0 saturated heterocycles. The monoisotopic (exact) mass is 440 g/mol. The molecule has 0 N–H and O–H groups in total. The van der Waals surface area contributed by atoms with Crippen molar-refractivity contribution in [3.63, 3.8) is 0 Å². The summed E-state index contributed by atoms with van der Waals surface area (Å²) < 4.78 is 0. The predicted octanol–water partition coefficient (Wildman–Crippen LogP) is -1.05. The van der Waals surface area contributed by atoms with Gasteiger partial charge in [0.05, 0.1) is 0 Å². The molecule has 0 aromatic heterocycles. The fourth-order valence-corrected chi connectivity index (χ4v) is 13.5. The first-order chi connectivity index (χ1) is 9.53. The molecule has 0 spiro atoms. The largest absolute Gasteiger partial charge is 1.00 e. The molecule has 2 aromatic rings. The van der Waals surface area contributed by atoms with Gasteiger partial charge in [-0.2, -0.15) is 44.5 Å². The van der Waals surface area contributed by atoms with E-state index < -0.39 is 5.31 Å². The van der Waals surface area contributed by atoms with Crippen molar-refractivity contribution in [1.29, 1.82) is 0 Å². The Balaban J connectivity index is 0.00000242. The minimum absolute atomic E-state index is 0. The minimum Gasteiger partial charge on any atom is -0.196 e. The third kappa shape index (κ3) is 3.64. The Morgan fingerprint density at radius 1 is 0.522 bits per heavy atom. The van der Waals surface area contributed by atoms with Crippen LogP contribution in [0.25, 0.3) is 0 Å². The Kier molecular flexibility index (Phi) is 8.56. The molecule has 0 aliphatic carbocycles. The number of rotatable bonds is 2. The van der Waals surface area contributed by atoms with Gasteiger partial charge in [-0.25, -0.2) is 0 Å². The number of halogens is 2. The third-order valence-corrected chi connectivity index (χ3v) is 13.0. The van der Waals surface area contributed by atoms with Gasteiger partial charge in [0.15, 0.2) is 5.31 Å². The van der Waals surface area contributed by atoms with Crippen LogP contribution >= 0.6 is 30.6 Å². The summed E-state index contributed by atoms with van der Waals surface area (Å²) in [5.74, 6) is 0. The summed E-state index contributed by atoms with van der Waals surface area (Å²) in [5.41, 5.74) is 11.5. The van der Waals surface area contributed by atoms with E-state index in [1.165, 1.54) is 54.9 Å². The summed E-state index contributed by atoms with van der Waals surface area (Å²) >= 11 is 8.30. The van der Waals surface area contributed by atoms with Gasteiger partial charge in [0.25, 0.3) is 0 Å². The molecule has 0 atom stereocenters. The Morgan fingerprint density at radius 2 is 0.696 bits per heavy atom. The zero-order valence-electron chi connectivity index (χ0n) is 16.3. The molecule has 0 unspecified atom stereocenters. The molecule has 0 fully saturated rings. The second-order valence-electron chi connectivity index (χ2n) is 6.32. The zero-order chi connectivity index (χ0) is 16.3. The van der Waals surface area contributed by atoms with Crippen LogP contribution in [0.1, 0.15) is 44.5 Å². The van der Waals surface area contributed by atoms with Gasteiger partial charge in [-0.05, 0) is 0 Å². The van der Waals surface area contributed by atoms with E-state index in [9.17, 15) is 0 Å². The summed E-state index contributed by atoms with van der Waals surface area (Å²) in [4.78, 5) is 0. The van der Waals surface area contributed by atoms with E-state index in [0.29, 0.717) is 0 Å². The summed E-state index contributed by atoms with van der Waals surface area (Å²) in [6.45, 7) is 18.0. The summed E-state index contributed by atoms with van der Waals surface area (Å²) in [7, 11) is 0. The van der Waals surface area contributed by atoms with Crippen molar-refractivity contribution in [3.8, 4) is 0 Å². The molecule has 0 heterocycles. The van der Waals surface area contributed by atoms with Gasteiger partial charge < -0.3 is 0 Å². The van der Waals surface area contributed by atoms with Crippen molar-refractivity contribution in [3.05, 3.63) is 44.5 Å². The standard InChI is InChI=1S/C18H24Br2Si.2Li/c1-9-10(2)14(6)17(13(9)5)21(19,20)18-15(7)11(3)12(4)16(18)8;;/h1-8H3;;/q-2;2*+1. The fraction of sp³-hybridized carbons (Fsp3) is 0.444. The molecule has 2 aromatic carbocycles. The van der Waals surface area contributed by atoms with E-state index in [2.05, 4.69) is 86.0 Å². The van der Waals surface area contributed by atoms with Gasteiger partial charge in [0.2, 0.25) is 0 Å². The number of hydrogen-bond acceptors (Lipinski definition) is 0. The summed E-state index contributed by atoms with van der Waals surface area (Å²) in [6, 6.07) is 0. The van der Waals surface area contributed by atoms with Crippen LogP contribution in [0.3, 0.4) is 0 Å². The third-order valence-electron chi connectivity index (χ3n) is 5.50. The topological polar surface area (TPSA) is 0 Å². The van der Waals surface area contributed by atoms with Crippen LogP contribution in [0, 0.1) is 55.4 Å². The van der Waals surface area contributed by atoms with Crippen LogP contribution in [0.4, 0.5) is 0 Å². The maximum atomic E-state index is 4.15. The van der Waals surface area contributed by atoms with Crippen LogP contribution in [-0.2, 0) is 0 Å². The van der Waals surface area contributed by atoms with Gasteiger partial charge in [-0.3, -0.25) is 0 Å². The minimum atomic E-state index is -2.03. The van der Waals surface area contributed by atoms with Crippen molar-refractivity contribution in [1.82, 2.24) is 0 Å². The maximum absolute atomic E-state index is 4.15. The quantitative estimate of drug-likeness (QED) is 0.317. The van der Waals surface area contributed by atoms with Crippen LogP contribution in [0.15, 0.2) is 0 Å². The first kappa shape index (κ1) is 24.1. The molecule has 0 saturated carbocycles. The average Bonchev–Trinajstić information content (AvgIpc) is 2.72. The summed E-state index contributed by atoms with van der Waals surface area (Å²) in [5, 5.41) is 0.986. The van der Waals surface area contributed by atoms with Crippen molar-refractivity contribution >= 4 is 46.3 Å². The first-order valence-corrected chi connectivity index (χ1v) is 13.9. The van der Waals surface area contributed by atoms with Crippen LogP contribution in [0.2, 0.25) is 0 Å². The van der Waals surface area contributed by atoms with Crippen molar-refractivity contribution < 1.29 is 37.7 Å². The molecule has 116 valence electrons. The van der Waals surface area contributed by atoms with Crippen molar-refractivity contribution in [2.24, 2.45) is 0 Å². The van der Waals surface area contributed by atoms with Crippen LogP contribution in [-0.4, -0.2) is 5.31 Å². The molecular formula is C18H24Br2Li2Si. The maximum Gasteiger partial charge on any atom is 1.00 e. The van der Waals surface area contributed by atoms with Gasteiger partial charge in [-0.15, -0.1) is 41.0 Å². The van der Waals surface area contributed by atoms with Gasteiger partial charge >= 0.3 is 37.7 Å². The Morgan fingerprint density at radius 3 is 0.870 bits per heavy atom. The molecule has 23 heavy (non-hydrogen) atoms. The van der Waals surface area contributed by atoms with Gasteiger partial charge in [-0.1, -0.05) is 55.4 Å². The van der Waals surface area contributed by atoms with E-state index in [4.69, 9.17) is 0 Å².